The fourth-order valence-corrected chi connectivity index (χ4v) is 6.25. The number of rotatable bonds is 6. The van der Waals surface area contributed by atoms with Gasteiger partial charge in [-0.3, -0.25) is 4.79 Å². The maximum absolute atomic E-state index is 14.4. The van der Waals surface area contributed by atoms with Crippen LogP contribution in [-0.4, -0.2) is 53.4 Å². The van der Waals surface area contributed by atoms with Gasteiger partial charge in [-0.05, 0) is 61.5 Å². The van der Waals surface area contributed by atoms with Crippen molar-refractivity contribution in [2.75, 3.05) is 18.9 Å². The molecule has 0 N–H and O–H groups in total. The predicted octanol–water partition coefficient (Wildman–Crippen LogP) is 6.84. The smallest absolute Gasteiger partial charge is 0.422 e. The van der Waals surface area contributed by atoms with Crippen molar-refractivity contribution in [3.63, 3.8) is 0 Å². The molecule has 0 spiro atoms. The molecule has 0 aromatic heterocycles. The number of allylic oxidation sites excluding steroid dienone is 5. The van der Waals surface area contributed by atoms with E-state index in [9.17, 15) is 22.4 Å². The lowest BCUT2D eigenvalue weighted by atomic mass is 9.86. The Kier molecular flexibility index (Phi) is 8.50. The van der Waals surface area contributed by atoms with Crippen LogP contribution >= 0.6 is 11.8 Å². The Morgan fingerprint density at radius 1 is 1.11 bits per heavy atom. The molecule has 0 saturated heterocycles. The number of nitrogens with zero attached hydrogens (tertiary/aromatic N) is 1. The van der Waals surface area contributed by atoms with Crippen molar-refractivity contribution in [1.82, 2.24) is 4.90 Å². The molecule has 4 unspecified atom stereocenters. The fraction of sp³-hybridized carbons (Fsp3) is 0.593. The summed E-state index contributed by atoms with van der Waals surface area (Å²) in [6, 6.07) is 0.0785. The zero-order chi connectivity index (χ0) is 25.0. The van der Waals surface area contributed by atoms with Gasteiger partial charge in [0.2, 0.25) is 0 Å². The Bertz CT molecular complexity index is 949. The number of carbonyl (C=O) groups is 1. The van der Waals surface area contributed by atoms with Crippen LogP contribution in [-0.2, 0) is 9.53 Å². The lowest BCUT2D eigenvalue weighted by molar-refractivity contribution is -0.165. The van der Waals surface area contributed by atoms with E-state index in [1.54, 1.807) is 6.08 Å². The molecule has 192 valence electrons. The number of amides is 1. The molecule has 8 heteroatoms. The Balaban J connectivity index is 1.52. The standard InChI is InChI=1S/C27H33F4NO2S/c1-2-35-22-13-10-20(11-14-22)32-16-25-23(5-3-4-6-24(25)26(32)33)18-7-9-19(28)15-21(12-8-18)34-17-27(29,30)31/h5,7,9-10,12-13,18-20,22H,2-4,6,8,11,14-17H2,1H3/b9-7-,21-12-. The van der Waals surface area contributed by atoms with Gasteiger partial charge in [0.25, 0.3) is 5.91 Å². The first kappa shape index (κ1) is 26.1. The van der Waals surface area contributed by atoms with Gasteiger partial charge in [0.1, 0.15) is 6.17 Å². The highest BCUT2D eigenvalue weighted by molar-refractivity contribution is 8.00. The van der Waals surface area contributed by atoms with E-state index < -0.39 is 19.0 Å². The summed E-state index contributed by atoms with van der Waals surface area (Å²) in [5.41, 5.74) is 2.86. The third-order valence-corrected chi connectivity index (χ3v) is 8.15. The van der Waals surface area contributed by atoms with Gasteiger partial charge in [-0.1, -0.05) is 37.3 Å². The number of alkyl halides is 4. The van der Waals surface area contributed by atoms with Crippen molar-refractivity contribution in [2.45, 2.75) is 75.5 Å². The second-order valence-electron chi connectivity index (χ2n) is 9.49. The predicted molar refractivity (Wildman–Crippen MR) is 132 cm³/mol. The quantitative estimate of drug-likeness (QED) is 0.289. The fourth-order valence-electron chi connectivity index (χ4n) is 5.32. The first-order valence-electron chi connectivity index (χ1n) is 12.5. The van der Waals surface area contributed by atoms with Gasteiger partial charge < -0.3 is 9.64 Å². The van der Waals surface area contributed by atoms with Crippen molar-refractivity contribution >= 4 is 17.7 Å². The van der Waals surface area contributed by atoms with Crippen LogP contribution in [0.4, 0.5) is 17.6 Å². The lowest BCUT2D eigenvalue weighted by Gasteiger charge is -2.31. The third kappa shape index (κ3) is 6.63. The summed E-state index contributed by atoms with van der Waals surface area (Å²) < 4.78 is 57.2. The molecular formula is C27H33F4NO2S. The van der Waals surface area contributed by atoms with E-state index in [0.29, 0.717) is 24.6 Å². The largest absolute Gasteiger partial charge is 0.489 e. The number of thioether (sulfide) groups is 1. The van der Waals surface area contributed by atoms with E-state index in [0.717, 1.165) is 48.2 Å². The maximum Gasteiger partial charge on any atom is 0.422 e. The highest BCUT2D eigenvalue weighted by Gasteiger charge is 2.38. The van der Waals surface area contributed by atoms with E-state index in [1.807, 2.05) is 22.7 Å². The van der Waals surface area contributed by atoms with Gasteiger partial charge >= 0.3 is 6.18 Å². The molecule has 0 aromatic carbocycles. The Hall–Kier alpha value is -1.96. The number of ether oxygens (including phenoxy) is 1. The van der Waals surface area contributed by atoms with Gasteiger partial charge in [-0.25, -0.2) is 4.39 Å². The summed E-state index contributed by atoms with van der Waals surface area (Å²) in [5, 5.41) is 0.504. The highest BCUT2D eigenvalue weighted by atomic mass is 32.2. The molecule has 1 heterocycles. The molecule has 1 aliphatic heterocycles. The average molecular weight is 512 g/mol. The third-order valence-electron chi connectivity index (χ3n) is 7.00. The summed E-state index contributed by atoms with van der Waals surface area (Å²) in [4.78, 5) is 15.4. The number of hydrogen-bond acceptors (Lipinski definition) is 3. The zero-order valence-corrected chi connectivity index (χ0v) is 20.8. The van der Waals surface area contributed by atoms with Crippen molar-refractivity contribution in [3.05, 3.63) is 58.9 Å². The maximum atomic E-state index is 14.4. The van der Waals surface area contributed by atoms with Crippen LogP contribution in [0.15, 0.2) is 58.9 Å². The minimum absolute atomic E-state index is 0.0311. The van der Waals surface area contributed by atoms with Crippen LogP contribution < -0.4 is 0 Å². The number of hydrogen-bond donors (Lipinski definition) is 0. The van der Waals surface area contributed by atoms with Crippen LogP contribution in [0.25, 0.3) is 0 Å². The number of carbonyl (C=O) groups excluding carboxylic acids is 1. The first-order valence-corrected chi connectivity index (χ1v) is 13.5. The van der Waals surface area contributed by atoms with Gasteiger partial charge in [0.05, 0.1) is 11.8 Å². The van der Waals surface area contributed by atoms with Gasteiger partial charge in [-0.2, -0.15) is 24.9 Å². The van der Waals surface area contributed by atoms with Crippen LogP contribution in [0.1, 0.15) is 51.9 Å². The first-order chi connectivity index (χ1) is 16.7. The summed E-state index contributed by atoms with van der Waals surface area (Å²) in [6.07, 6.45) is 10.1. The van der Waals surface area contributed by atoms with E-state index in [4.69, 9.17) is 4.74 Å². The Morgan fingerprint density at radius 2 is 1.94 bits per heavy atom. The van der Waals surface area contributed by atoms with E-state index >= 15 is 0 Å². The molecule has 0 fully saturated rings. The van der Waals surface area contributed by atoms with Crippen molar-refractivity contribution in [2.24, 2.45) is 5.92 Å². The monoisotopic (exact) mass is 511 g/mol. The Labute approximate surface area is 209 Å². The van der Waals surface area contributed by atoms with E-state index in [1.165, 1.54) is 6.08 Å². The normalized spacial score (nSPS) is 32.3. The number of halogens is 4. The van der Waals surface area contributed by atoms with Gasteiger partial charge in [0.15, 0.2) is 6.61 Å². The molecule has 4 aliphatic rings. The molecule has 0 radical (unpaired) electrons. The van der Waals surface area contributed by atoms with Crippen molar-refractivity contribution in [3.8, 4) is 0 Å². The minimum atomic E-state index is -4.47. The van der Waals surface area contributed by atoms with Crippen LogP contribution in [0.5, 0.6) is 0 Å². The molecule has 1 amide bonds. The molecule has 35 heavy (non-hydrogen) atoms. The minimum Gasteiger partial charge on any atom is -0.489 e. The van der Waals surface area contributed by atoms with Crippen molar-refractivity contribution < 1.29 is 27.1 Å². The molecule has 4 rings (SSSR count). The molecule has 3 aliphatic carbocycles. The van der Waals surface area contributed by atoms with Gasteiger partial charge in [0, 0.05) is 29.7 Å². The van der Waals surface area contributed by atoms with Crippen LogP contribution in [0, 0.1) is 5.92 Å². The second kappa shape index (κ2) is 11.4. The van der Waals surface area contributed by atoms with Crippen LogP contribution in [0.2, 0.25) is 0 Å². The van der Waals surface area contributed by atoms with Gasteiger partial charge in [-0.15, -0.1) is 0 Å². The Morgan fingerprint density at radius 3 is 2.66 bits per heavy atom. The summed E-state index contributed by atoms with van der Waals surface area (Å²) in [6.45, 7) is 1.26. The van der Waals surface area contributed by atoms with Crippen LogP contribution in [0.3, 0.4) is 0 Å². The van der Waals surface area contributed by atoms with Crippen molar-refractivity contribution in [1.29, 1.82) is 0 Å². The van der Waals surface area contributed by atoms with E-state index in [2.05, 4.69) is 25.2 Å². The van der Waals surface area contributed by atoms with E-state index in [-0.39, 0.29) is 30.0 Å². The summed E-state index contributed by atoms with van der Waals surface area (Å²) in [5.74, 6) is 0.981. The second-order valence-corrected chi connectivity index (χ2v) is 11.0. The molecule has 0 saturated carbocycles. The molecular weight excluding hydrogens is 478 g/mol. The topological polar surface area (TPSA) is 29.5 Å². The summed E-state index contributed by atoms with van der Waals surface area (Å²) in [7, 11) is 0. The zero-order valence-electron chi connectivity index (χ0n) is 20.0. The molecule has 3 nitrogen and oxygen atoms in total. The molecule has 0 aromatic rings. The highest BCUT2D eigenvalue weighted by Crippen LogP contribution is 2.40. The summed E-state index contributed by atoms with van der Waals surface area (Å²) >= 11 is 1.92. The molecule has 0 bridgehead atoms. The lowest BCUT2D eigenvalue weighted by Crippen LogP contribution is -2.38. The molecule has 4 atom stereocenters. The SMILES string of the molecule is CCSC1C=CC(N2CC3=C(CCCC=C3C3/C=C\C(F)C/C(OCC(F)(F)F)=C/C3)C2=O)CC1. The average Bonchev–Trinajstić information content (AvgIpc) is 2.98.